The zero-order valence-corrected chi connectivity index (χ0v) is 14.1. The van der Waals surface area contributed by atoms with Crippen molar-refractivity contribution < 1.29 is 13.6 Å². The summed E-state index contributed by atoms with van der Waals surface area (Å²) in [5.74, 6) is -1.27. The lowest BCUT2D eigenvalue weighted by atomic mass is 10.1. The summed E-state index contributed by atoms with van der Waals surface area (Å²) >= 11 is 4.96. The first-order chi connectivity index (χ1) is 9.38. The predicted octanol–water partition coefficient (Wildman–Crippen LogP) is 4.89. The van der Waals surface area contributed by atoms with Gasteiger partial charge < -0.3 is 5.32 Å². The molecule has 1 amide bonds. The van der Waals surface area contributed by atoms with Crippen molar-refractivity contribution in [2.24, 2.45) is 0 Å². The number of hydrogen-bond acceptors (Lipinski definition) is 1. The summed E-state index contributed by atoms with van der Waals surface area (Å²) in [4.78, 5) is 12.1. The highest BCUT2D eigenvalue weighted by Gasteiger charge is 2.13. The van der Waals surface area contributed by atoms with Crippen LogP contribution in [-0.4, -0.2) is 5.91 Å². The first-order valence-electron chi connectivity index (χ1n) is 5.60. The Balaban J connectivity index is 2.30. The maximum absolute atomic E-state index is 13.5. The van der Waals surface area contributed by atoms with Crippen molar-refractivity contribution in [2.75, 3.05) is 5.32 Å². The van der Waals surface area contributed by atoms with Gasteiger partial charge in [0.25, 0.3) is 5.91 Å². The van der Waals surface area contributed by atoms with Gasteiger partial charge in [-0.1, -0.05) is 0 Å². The molecule has 0 aliphatic rings. The molecule has 104 valence electrons. The van der Waals surface area contributed by atoms with E-state index in [4.69, 9.17) is 0 Å². The Morgan fingerprint density at radius 1 is 1.25 bits per heavy atom. The number of anilines is 1. The van der Waals surface area contributed by atoms with Gasteiger partial charge in [-0.05, 0) is 81.3 Å². The van der Waals surface area contributed by atoms with Crippen molar-refractivity contribution in [1.29, 1.82) is 0 Å². The van der Waals surface area contributed by atoms with Crippen LogP contribution < -0.4 is 5.32 Å². The van der Waals surface area contributed by atoms with Gasteiger partial charge in [0.05, 0.1) is 10.0 Å². The molecule has 0 bridgehead atoms. The second-order valence-electron chi connectivity index (χ2n) is 4.16. The zero-order valence-electron chi connectivity index (χ0n) is 10.3. The summed E-state index contributed by atoms with van der Waals surface area (Å²) < 4.78 is 27.3. The number of nitrogens with one attached hydrogen (secondary N) is 1. The Kier molecular flexibility index (Phi) is 4.74. The number of rotatable bonds is 2. The summed E-state index contributed by atoms with van der Waals surface area (Å²) in [6.07, 6.45) is 0. The average Bonchev–Trinajstić information content (AvgIpc) is 2.35. The second-order valence-corrected chi connectivity index (χ2v) is 6.18. The van der Waals surface area contributed by atoms with Crippen molar-refractivity contribution in [3.05, 3.63) is 61.1 Å². The van der Waals surface area contributed by atoms with Gasteiger partial charge in [-0.2, -0.15) is 0 Å². The van der Waals surface area contributed by atoms with E-state index in [1.165, 1.54) is 24.3 Å². The molecule has 0 atom stereocenters. The van der Waals surface area contributed by atoms with E-state index in [0.717, 1.165) is 5.56 Å². The van der Waals surface area contributed by atoms with Crippen LogP contribution in [0, 0.1) is 22.1 Å². The average molecular weight is 452 g/mol. The SMILES string of the molecule is Cc1cc(Br)c(F)cc1NC(=O)c1ccc(F)cc1I. The van der Waals surface area contributed by atoms with Gasteiger partial charge in [0.15, 0.2) is 0 Å². The van der Waals surface area contributed by atoms with Gasteiger partial charge in [0.1, 0.15) is 11.6 Å². The number of carbonyl (C=O) groups excluding carboxylic acids is 1. The fourth-order valence-electron chi connectivity index (χ4n) is 1.64. The molecule has 1 N–H and O–H groups in total. The molecule has 20 heavy (non-hydrogen) atoms. The number of carbonyl (C=O) groups is 1. The molecule has 2 nitrogen and oxygen atoms in total. The third-order valence-corrected chi connectivity index (χ3v) is 4.19. The van der Waals surface area contributed by atoms with Gasteiger partial charge in [-0.15, -0.1) is 0 Å². The minimum atomic E-state index is -0.459. The zero-order chi connectivity index (χ0) is 14.9. The lowest BCUT2D eigenvalue weighted by Gasteiger charge is -2.10. The normalized spacial score (nSPS) is 10.4. The van der Waals surface area contributed by atoms with Gasteiger partial charge in [-0.3, -0.25) is 4.79 Å². The topological polar surface area (TPSA) is 29.1 Å². The second kappa shape index (κ2) is 6.17. The van der Waals surface area contributed by atoms with Crippen molar-refractivity contribution >= 4 is 50.1 Å². The third kappa shape index (κ3) is 3.35. The smallest absolute Gasteiger partial charge is 0.256 e. The monoisotopic (exact) mass is 451 g/mol. The molecule has 0 radical (unpaired) electrons. The van der Waals surface area contributed by atoms with Crippen LogP contribution in [-0.2, 0) is 0 Å². The molecule has 2 aromatic rings. The number of halogens is 4. The van der Waals surface area contributed by atoms with E-state index in [-0.39, 0.29) is 0 Å². The molecule has 0 spiro atoms. The first kappa shape index (κ1) is 15.4. The maximum atomic E-state index is 13.5. The van der Waals surface area contributed by atoms with Gasteiger partial charge in [-0.25, -0.2) is 8.78 Å². The molecule has 6 heteroatoms. The van der Waals surface area contributed by atoms with Crippen molar-refractivity contribution in [3.8, 4) is 0 Å². The number of amides is 1. The highest BCUT2D eigenvalue weighted by Crippen LogP contribution is 2.25. The van der Waals surface area contributed by atoms with E-state index in [2.05, 4.69) is 21.2 Å². The van der Waals surface area contributed by atoms with E-state index in [9.17, 15) is 13.6 Å². The standard InChI is InChI=1S/C14H9BrF2INO/c1-7-4-10(15)11(17)6-13(7)19-14(20)9-3-2-8(16)5-12(9)18/h2-6H,1H3,(H,19,20). The molecule has 0 unspecified atom stereocenters. The quantitative estimate of drug-likeness (QED) is 0.647. The predicted molar refractivity (Wildman–Crippen MR) is 85.9 cm³/mol. The fourth-order valence-corrected chi connectivity index (χ4v) is 2.82. The van der Waals surface area contributed by atoms with E-state index in [1.807, 2.05) is 22.6 Å². The highest BCUT2D eigenvalue weighted by molar-refractivity contribution is 14.1. The van der Waals surface area contributed by atoms with Gasteiger partial charge >= 0.3 is 0 Å². The fraction of sp³-hybridized carbons (Fsp3) is 0.0714. The molecule has 0 aliphatic heterocycles. The Labute approximate surface area is 136 Å². The molecule has 2 rings (SSSR count). The van der Waals surface area contributed by atoms with Crippen LogP contribution in [0.4, 0.5) is 14.5 Å². The number of hydrogen-bond donors (Lipinski definition) is 1. The minimum absolute atomic E-state index is 0.337. The van der Waals surface area contributed by atoms with Crippen LogP contribution in [0.25, 0.3) is 0 Å². The maximum Gasteiger partial charge on any atom is 0.256 e. The van der Waals surface area contributed by atoms with E-state index < -0.39 is 17.5 Å². The molecule has 0 heterocycles. The molecular weight excluding hydrogens is 443 g/mol. The molecule has 0 fully saturated rings. The van der Waals surface area contributed by atoms with E-state index in [0.29, 0.717) is 19.3 Å². The first-order valence-corrected chi connectivity index (χ1v) is 7.47. The lowest BCUT2D eigenvalue weighted by molar-refractivity contribution is 0.102. The third-order valence-electron chi connectivity index (χ3n) is 2.69. The largest absolute Gasteiger partial charge is 0.322 e. The Morgan fingerprint density at radius 2 is 1.95 bits per heavy atom. The van der Waals surface area contributed by atoms with Crippen molar-refractivity contribution in [2.45, 2.75) is 6.92 Å². The summed E-state index contributed by atoms with van der Waals surface area (Å²) in [5, 5.41) is 2.63. The Bertz CT molecular complexity index is 691. The van der Waals surface area contributed by atoms with Crippen LogP contribution in [0.3, 0.4) is 0 Å². The molecule has 0 aliphatic carbocycles. The summed E-state index contributed by atoms with van der Waals surface area (Å²) in [6, 6.07) is 6.71. The number of benzene rings is 2. The molecule has 0 saturated heterocycles. The summed E-state index contributed by atoms with van der Waals surface area (Å²) in [7, 11) is 0. The lowest BCUT2D eigenvalue weighted by Crippen LogP contribution is -2.14. The van der Waals surface area contributed by atoms with Crippen molar-refractivity contribution in [3.63, 3.8) is 0 Å². The molecular formula is C14H9BrF2INO. The van der Waals surface area contributed by atoms with Gasteiger partial charge in [0, 0.05) is 9.26 Å². The van der Waals surface area contributed by atoms with Crippen molar-refractivity contribution in [1.82, 2.24) is 0 Å². The summed E-state index contributed by atoms with van der Waals surface area (Å²) in [5.41, 5.74) is 1.45. The molecule has 2 aromatic carbocycles. The minimum Gasteiger partial charge on any atom is -0.322 e. The van der Waals surface area contributed by atoms with Crippen LogP contribution in [0.1, 0.15) is 15.9 Å². The molecule has 0 saturated carbocycles. The van der Waals surface area contributed by atoms with Crippen LogP contribution >= 0.6 is 38.5 Å². The van der Waals surface area contributed by atoms with Crippen LogP contribution in [0.15, 0.2) is 34.8 Å². The summed E-state index contributed by atoms with van der Waals surface area (Å²) in [6.45, 7) is 1.76. The number of aryl methyl sites for hydroxylation is 1. The molecule has 0 aromatic heterocycles. The van der Waals surface area contributed by atoms with Crippen LogP contribution in [0.5, 0.6) is 0 Å². The van der Waals surface area contributed by atoms with Crippen LogP contribution in [0.2, 0.25) is 0 Å². The Hall–Kier alpha value is -1.02. The highest BCUT2D eigenvalue weighted by atomic mass is 127. The van der Waals surface area contributed by atoms with E-state index in [1.54, 1.807) is 13.0 Å². The van der Waals surface area contributed by atoms with Gasteiger partial charge in [0.2, 0.25) is 0 Å². The Morgan fingerprint density at radius 3 is 2.60 bits per heavy atom. The van der Waals surface area contributed by atoms with E-state index >= 15 is 0 Å².